The van der Waals surface area contributed by atoms with Gasteiger partial charge in [0.25, 0.3) is 0 Å². The second kappa shape index (κ2) is 10.3. The summed E-state index contributed by atoms with van der Waals surface area (Å²) in [5, 5.41) is 9.09. The van der Waals surface area contributed by atoms with Gasteiger partial charge in [0.15, 0.2) is 5.11 Å². The molecule has 0 bridgehead atoms. The van der Waals surface area contributed by atoms with Gasteiger partial charge < -0.3 is 20.7 Å². The molecule has 0 saturated heterocycles. The van der Waals surface area contributed by atoms with Crippen LogP contribution in [0.4, 0.5) is 5.00 Å². The molecule has 156 valence electrons. The number of hydrogen-bond acceptors (Lipinski definition) is 5. The summed E-state index contributed by atoms with van der Waals surface area (Å²) in [6, 6.07) is 0. The molecule has 1 aromatic heterocycles. The SMILES string of the molecule is CCOC(=O)c1c(NC(=S)N[C@@H](NC(=O)CC)C(Cl)(Cl)Cl)sc2c1CCCC2. The number of carbonyl (C=O) groups excluding carboxylic acids is 2. The first kappa shape index (κ1) is 23.5. The average molecular weight is 487 g/mol. The van der Waals surface area contributed by atoms with Crippen LogP contribution in [0, 0.1) is 0 Å². The maximum Gasteiger partial charge on any atom is 0.341 e. The molecule has 3 N–H and O–H groups in total. The lowest BCUT2D eigenvalue weighted by molar-refractivity contribution is -0.121. The van der Waals surface area contributed by atoms with Crippen LogP contribution in [0.3, 0.4) is 0 Å². The second-order valence-corrected chi connectivity index (χ2v) is 10.0. The van der Waals surface area contributed by atoms with Crippen LogP contribution < -0.4 is 16.0 Å². The molecule has 0 fully saturated rings. The van der Waals surface area contributed by atoms with Crippen LogP contribution in [0.15, 0.2) is 0 Å². The predicted octanol–water partition coefficient (Wildman–Crippen LogP) is 4.31. The molecular weight excluding hydrogens is 465 g/mol. The Morgan fingerprint density at radius 1 is 1.21 bits per heavy atom. The highest BCUT2D eigenvalue weighted by molar-refractivity contribution is 7.80. The molecule has 28 heavy (non-hydrogen) atoms. The number of halogens is 3. The van der Waals surface area contributed by atoms with E-state index in [9.17, 15) is 9.59 Å². The molecule has 6 nitrogen and oxygen atoms in total. The lowest BCUT2D eigenvalue weighted by atomic mass is 9.95. The van der Waals surface area contributed by atoms with Crippen molar-refractivity contribution < 1.29 is 14.3 Å². The molecule has 0 aromatic carbocycles. The monoisotopic (exact) mass is 485 g/mol. The van der Waals surface area contributed by atoms with Crippen LogP contribution in [0.5, 0.6) is 0 Å². The van der Waals surface area contributed by atoms with Crippen molar-refractivity contribution in [3.05, 3.63) is 16.0 Å². The molecule has 0 unspecified atom stereocenters. The zero-order valence-corrected chi connectivity index (χ0v) is 19.4. The molecule has 11 heteroatoms. The number of anilines is 1. The van der Waals surface area contributed by atoms with E-state index in [1.165, 1.54) is 11.3 Å². The molecule has 0 spiro atoms. The Morgan fingerprint density at radius 3 is 2.50 bits per heavy atom. The Morgan fingerprint density at radius 2 is 1.89 bits per heavy atom. The summed E-state index contributed by atoms with van der Waals surface area (Å²) in [4.78, 5) is 25.4. The Balaban J connectivity index is 2.21. The minimum Gasteiger partial charge on any atom is -0.462 e. The van der Waals surface area contributed by atoms with Crippen LogP contribution in [0.2, 0.25) is 0 Å². The van der Waals surface area contributed by atoms with Gasteiger partial charge in [-0.25, -0.2) is 4.79 Å². The van der Waals surface area contributed by atoms with E-state index >= 15 is 0 Å². The van der Waals surface area contributed by atoms with Gasteiger partial charge in [-0.15, -0.1) is 11.3 Å². The Kier molecular flexibility index (Phi) is 8.63. The van der Waals surface area contributed by atoms with E-state index in [0.717, 1.165) is 36.1 Å². The first-order valence-corrected chi connectivity index (χ1v) is 11.3. The number of rotatable bonds is 6. The molecular formula is C17H22Cl3N3O3S2. The first-order valence-electron chi connectivity index (χ1n) is 8.92. The van der Waals surface area contributed by atoms with Crippen LogP contribution in [0.1, 0.15) is 53.9 Å². The largest absolute Gasteiger partial charge is 0.462 e. The van der Waals surface area contributed by atoms with E-state index in [0.29, 0.717) is 10.6 Å². The Hall–Kier alpha value is -0.800. The fraction of sp³-hybridized carbons (Fsp3) is 0.588. The Labute approximate surface area is 188 Å². The number of fused-ring (bicyclic) bond motifs is 1. The fourth-order valence-electron chi connectivity index (χ4n) is 2.81. The maximum atomic E-state index is 12.5. The van der Waals surface area contributed by atoms with Gasteiger partial charge in [0.1, 0.15) is 11.2 Å². The summed E-state index contributed by atoms with van der Waals surface area (Å²) >= 11 is 24.6. The minimum atomic E-state index is -1.82. The molecule has 1 aromatic rings. The van der Waals surface area contributed by atoms with E-state index in [-0.39, 0.29) is 30.0 Å². The smallest absolute Gasteiger partial charge is 0.341 e. The molecule has 1 amide bonds. The number of thiophene rings is 1. The predicted molar refractivity (Wildman–Crippen MR) is 119 cm³/mol. The zero-order valence-electron chi connectivity index (χ0n) is 15.5. The lowest BCUT2D eigenvalue weighted by Gasteiger charge is -2.27. The van der Waals surface area contributed by atoms with Crippen molar-refractivity contribution >= 4 is 80.3 Å². The number of thiocarbonyl (C=S) groups is 1. The van der Waals surface area contributed by atoms with Gasteiger partial charge in [-0.3, -0.25) is 4.79 Å². The highest BCUT2D eigenvalue weighted by Crippen LogP contribution is 2.38. The third kappa shape index (κ3) is 6.10. The normalized spacial score (nSPS) is 14.6. The number of aryl methyl sites for hydroxylation is 1. The van der Waals surface area contributed by atoms with Crippen molar-refractivity contribution in [2.45, 2.75) is 55.9 Å². The van der Waals surface area contributed by atoms with Gasteiger partial charge in [-0.05, 0) is 50.4 Å². The second-order valence-electron chi connectivity index (χ2n) is 6.13. The molecule has 1 atom stereocenters. The standard InChI is InChI=1S/C17H22Cl3N3O3S2/c1-3-11(24)21-15(17(18,19)20)23-16(27)22-13-12(14(25)26-4-2)9-7-5-6-8-10(9)28-13/h15H,3-8H2,1-2H3,(H,21,24)(H2,22,23,27)/t15-/m1/s1. The summed E-state index contributed by atoms with van der Waals surface area (Å²) in [7, 11) is 0. The van der Waals surface area contributed by atoms with Crippen molar-refractivity contribution in [2.24, 2.45) is 0 Å². The summed E-state index contributed by atoms with van der Waals surface area (Å²) < 4.78 is 3.40. The lowest BCUT2D eigenvalue weighted by Crippen LogP contribution is -2.56. The van der Waals surface area contributed by atoms with Crippen molar-refractivity contribution in [1.82, 2.24) is 10.6 Å². The molecule has 1 aliphatic rings. The molecule has 0 radical (unpaired) electrons. The Bertz CT molecular complexity index is 750. The van der Waals surface area contributed by atoms with Crippen LogP contribution in [-0.4, -0.2) is 33.6 Å². The van der Waals surface area contributed by atoms with Gasteiger partial charge in [0.05, 0.1) is 12.2 Å². The van der Waals surface area contributed by atoms with E-state index in [1.54, 1.807) is 13.8 Å². The van der Waals surface area contributed by atoms with Gasteiger partial charge in [-0.2, -0.15) is 0 Å². The quantitative estimate of drug-likeness (QED) is 0.241. The van der Waals surface area contributed by atoms with Crippen molar-refractivity contribution in [2.75, 3.05) is 11.9 Å². The molecule has 1 heterocycles. The maximum absolute atomic E-state index is 12.5. The number of hydrogen-bond donors (Lipinski definition) is 3. The summed E-state index contributed by atoms with van der Waals surface area (Å²) in [6.07, 6.45) is 3.03. The first-order chi connectivity index (χ1) is 13.2. The molecule has 1 aliphatic carbocycles. The van der Waals surface area contributed by atoms with Gasteiger partial charge in [0, 0.05) is 11.3 Å². The van der Waals surface area contributed by atoms with Gasteiger partial charge >= 0.3 is 5.97 Å². The summed E-state index contributed by atoms with van der Waals surface area (Å²) in [5.41, 5.74) is 1.52. The van der Waals surface area contributed by atoms with Crippen LogP contribution in [-0.2, 0) is 22.4 Å². The highest BCUT2D eigenvalue weighted by Gasteiger charge is 2.35. The van der Waals surface area contributed by atoms with Gasteiger partial charge in [0.2, 0.25) is 9.70 Å². The number of nitrogens with one attached hydrogen (secondary N) is 3. The van der Waals surface area contributed by atoms with Crippen LogP contribution >= 0.6 is 58.4 Å². The minimum absolute atomic E-state index is 0.122. The number of carbonyl (C=O) groups is 2. The molecule has 0 aliphatic heterocycles. The number of esters is 1. The van der Waals surface area contributed by atoms with E-state index in [2.05, 4.69) is 16.0 Å². The fourth-order valence-corrected chi connectivity index (χ4v) is 4.70. The molecule has 2 rings (SSSR count). The summed E-state index contributed by atoms with van der Waals surface area (Å²) in [5.74, 6) is -0.685. The average Bonchev–Trinajstić information content (AvgIpc) is 2.98. The van der Waals surface area contributed by atoms with E-state index < -0.39 is 9.96 Å². The topological polar surface area (TPSA) is 79.5 Å². The summed E-state index contributed by atoms with van der Waals surface area (Å²) in [6.45, 7) is 3.73. The zero-order chi connectivity index (χ0) is 20.9. The van der Waals surface area contributed by atoms with Crippen molar-refractivity contribution in [3.8, 4) is 0 Å². The van der Waals surface area contributed by atoms with Gasteiger partial charge in [-0.1, -0.05) is 41.7 Å². The molecule has 0 saturated carbocycles. The van der Waals surface area contributed by atoms with Crippen molar-refractivity contribution in [3.63, 3.8) is 0 Å². The van der Waals surface area contributed by atoms with E-state index in [1.807, 2.05) is 0 Å². The third-order valence-corrected chi connectivity index (χ3v) is 6.19. The number of alkyl halides is 3. The van der Waals surface area contributed by atoms with Crippen LogP contribution in [0.25, 0.3) is 0 Å². The number of amides is 1. The van der Waals surface area contributed by atoms with Crippen molar-refractivity contribution in [1.29, 1.82) is 0 Å². The highest BCUT2D eigenvalue weighted by atomic mass is 35.6. The number of ether oxygens (including phenoxy) is 1. The van der Waals surface area contributed by atoms with E-state index in [4.69, 9.17) is 51.8 Å². The third-order valence-electron chi connectivity index (χ3n) is 4.11.